The minimum Gasteiger partial charge on any atom is -0.481 e. The molecule has 0 heterocycles. The van der Waals surface area contributed by atoms with Gasteiger partial charge in [0.2, 0.25) is 0 Å². The molecule has 5 nitrogen and oxygen atoms in total. The molecule has 0 unspecified atom stereocenters. The zero-order valence-electron chi connectivity index (χ0n) is 13.1. The van der Waals surface area contributed by atoms with E-state index in [-0.39, 0.29) is 18.3 Å². The summed E-state index contributed by atoms with van der Waals surface area (Å²) in [7, 11) is 0. The Labute approximate surface area is 121 Å². The Morgan fingerprint density at radius 2 is 1.50 bits per heavy atom. The third-order valence-electron chi connectivity index (χ3n) is 2.25. The monoisotopic (exact) mass is 288 g/mol. The molecule has 5 heteroatoms. The highest BCUT2D eigenvalue weighted by Gasteiger charge is 2.08. The van der Waals surface area contributed by atoms with E-state index in [1.165, 1.54) is 0 Å². The Bertz CT molecular complexity index is 284. The quantitative estimate of drug-likeness (QED) is 0.419. The summed E-state index contributed by atoms with van der Waals surface area (Å²) in [4.78, 5) is 31.6. The van der Waals surface area contributed by atoms with Crippen LogP contribution in [0.5, 0.6) is 0 Å². The number of ether oxygens (including phenoxy) is 1. The molecule has 1 N–H and O–H groups in total. The maximum atomic E-state index is 11.0. The average Bonchev–Trinajstić information content (AvgIpc) is 2.28. The van der Waals surface area contributed by atoms with E-state index in [0.717, 1.165) is 25.7 Å². The molecule has 0 spiro atoms. The summed E-state index contributed by atoms with van der Waals surface area (Å²) >= 11 is 0. The van der Waals surface area contributed by atoms with Gasteiger partial charge in [-0.2, -0.15) is 0 Å². The van der Waals surface area contributed by atoms with Crippen molar-refractivity contribution in [2.24, 2.45) is 5.92 Å². The Balaban J connectivity index is 0. The number of hydrogen-bond acceptors (Lipinski definition) is 4. The second-order valence-corrected chi connectivity index (χ2v) is 5.04. The van der Waals surface area contributed by atoms with Gasteiger partial charge in [-0.3, -0.25) is 14.4 Å². The normalized spacial score (nSPS) is 9.65. The maximum Gasteiger partial charge on any atom is 0.313 e. The van der Waals surface area contributed by atoms with E-state index in [0.29, 0.717) is 12.8 Å². The number of unbranched alkanes of at least 4 members (excludes halogenated alkanes) is 2. The first kappa shape index (κ1) is 20.9. The molecule has 0 aliphatic rings. The zero-order valence-corrected chi connectivity index (χ0v) is 13.1. The molecule has 0 aliphatic heterocycles. The van der Waals surface area contributed by atoms with Gasteiger partial charge >= 0.3 is 17.9 Å². The minimum absolute atomic E-state index is 0.275. The standard InChI is InChI=1S/C10H18O3.C5H10O2/c1-3-5-6-8-10(12)13-9(11)7-4-2;1-4(2)3-5(6)7/h3-8H2,1-2H3;4H,3H2,1-2H3,(H,6,7). The van der Waals surface area contributed by atoms with Crippen LogP contribution in [0.25, 0.3) is 0 Å². The lowest BCUT2D eigenvalue weighted by Crippen LogP contribution is -2.11. The van der Waals surface area contributed by atoms with Crippen molar-refractivity contribution in [3.05, 3.63) is 0 Å². The van der Waals surface area contributed by atoms with Crippen LogP contribution >= 0.6 is 0 Å². The Morgan fingerprint density at radius 1 is 0.950 bits per heavy atom. The van der Waals surface area contributed by atoms with Crippen LogP contribution in [0.1, 0.15) is 72.6 Å². The topological polar surface area (TPSA) is 80.7 Å². The zero-order chi connectivity index (χ0) is 16.0. The van der Waals surface area contributed by atoms with Crippen molar-refractivity contribution in [2.45, 2.75) is 72.6 Å². The summed E-state index contributed by atoms with van der Waals surface area (Å²) in [6.07, 6.45) is 4.59. The molecule has 0 rings (SSSR count). The van der Waals surface area contributed by atoms with Crippen LogP contribution < -0.4 is 0 Å². The van der Waals surface area contributed by atoms with E-state index < -0.39 is 11.9 Å². The van der Waals surface area contributed by atoms with Gasteiger partial charge in [-0.15, -0.1) is 0 Å². The predicted molar refractivity (Wildman–Crippen MR) is 77.2 cm³/mol. The van der Waals surface area contributed by atoms with Crippen LogP contribution in [0.4, 0.5) is 0 Å². The van der Waals surface area contributed by atoms with E-state index in [4.69, 9.17) is 5.11 Å². The highest BCUT2D eigenvalue weighted by atomic mass is 16.6. The molecular formula is C15H28O5. The molecule has 0 aromatic heterocycles. The van der Waals surface area contributed by atoms with Crippen LogP contribution in [0.15, 0.2) is 0 Å². The highest BCUT2D eigenvalue weighted by molar-refractivity contribution is 5.85. The molecule has 0 fully saturated rings. The summed E-state index contributed by atoms with van der Waals surface area (Å²) in [5.41, 5.74) is 0. The average molecular weight is 288 g/mol. The van der Waals surface area contributed by atoms with Crippen molar-refractivity contribution >= 4 is 17.9 Å². The summed E-state index contributed by atoms with van der Waals surface area (Å²) in [5.74, 6) is -1.22. The molecule has 118 valence electrons. The number of carboxylic acid groups (broad SMARTS) is 1. The molecule has 0 aromatic carbocycles. The van der Waals surface area contributed by atoms with E-state index in [1.54, 1.807) is 0 Å². The number of rotatable bonds is 8. The Kier molecular flexibility index (Phi) is 14.7. The van der Waals surface area contributed by atoms with Crippen LogP contribution in [0.3, 0.4) is 0 Å². The number of carbonyl (C=O) groups excluding carboxylic acids is 2. The van der Waals surface area contributed by atoms with Gasteiger partial charge in [0.1, 0.15) is 0 Å². The number of carboxylic acids is 1. The fourth-order valence-electron chi connectivity index (χ4n) is 1.30. The fraction of sp³-hybridized carbons (Fsp3) is 0.800. The van der Waals surface area contributed by atoms with Crippen molar-refractivity contribution in [1.82, 2.24) is 0 Å². The summed E-state index contributed by atoms with van der Waals surface area (Å²) in [6.45, 7) is 7.71. The lowest BCUT2D eigenvalue weighted by molar-refractivity contribution is -0.159. The molecule has 0 saturated carbocycles. The van der Waals surface area contributed by atoms with Crippen LogP contribution in [0, 0.1) is 5.92 Å². The number of carbonyl (C=O) groups is 3. The largest absolute Gasteiger partial charge is 0.481 e. The SMILES string of the molecule is CC(C)CC(=O)O.CCCCCC(=O)OC(=O)CCC. The maximum absolute atomic E-state index is 11.0. The third kappa shape index (κ3) is 19.0. The first-order chi connectivity index (χ1) is 9.33. The molecule has 0 atom stereocenters. The Morgan fingerprint density at radius 3 is 1.85 bits per heavy atom. The van der Waals surface area contributed by atoms with Gasteiger partial charge in [-0.05, 0) is 18.8 Å². The molecule has 0 amide bonds. The molecule has 0 aliphatic carbocycles. The van der Waals surface area contributed by atoms with Crippen molar-refractivity contribution < 1.29 is 24.2 Å². The smallest absolute Gasteiger partial charge is 0.313 e. The van der Waals surface area contributed by atoms with E-state index >= 15 is 0 Å². The van der Waals surface area contributed by atoms with Crippen LogP contribution in [0.2, 0.25) is 0 Å². The van der Waals surface area contributed by atoms with Crippen molar-refractivity contribution in [2.75, 3.05) is 0 Å². The lowest BCUT2D eigenvalue weighted by Gasteiger charge is -2.00. The second kappa shape index (κ2) is 14.0. The molecule has 0 bridgehead atoms. The Hall–Kier alpha value is -1.39. The first-order valence-corrected chi connectivity index (χ1v) is 7.28. The number of aliphatic carboxylic acids is 1. The van der Waals surface area contributed by atoms with Gasteiger partial charge in [0.15, 0.2) is 0 Å². The van der Waals surface area contributed by atoms with E-state index in [9.17, 15) is 14.4 Å². The molecular weight excluding hydrogens is 260 g/mol. The van der Waals surface area contributed by atoms with Gasteiger partial charge in [-0.1, -0.05) is 40.5 Å². The molecule has 0 saturated heterocycles. The van der Waals surface area contributed by atoms with Crippen LogP contribution in [-0.4, -0.2) is 23.0 Å². The van der Waals surface area contributed by atoms with Gasteiger partial charge < -0.3 is 9.84 Å². The van der Waals surface area contributed by atoms with Crippen molar-refractivity contribution in [1.29, 1.82) is 0 Å². The van der Waals surface area contributed by atoms with Crippen LogP contribution in [-0.2, 0) is 19.1 Å². The minimum atomic E-state index is -0.713. The third-order valence-corrected chi connectivity index (χ3v) is 2.25. The number of hydrogen-bond donors (Lipinski definition) is 1. The van der Waals surface area contributed by atoms with E-state index in [1.807, 2.05) is 20.8 Å². The van der Waals surface area contributed by atoms with Gasteiger partial charge in [-0.25, -0.2) is 0 Å². The summed E-state index contributed by atoms with van der Waals surface area (Å²) in [6, 6.07) is 0. The van der Waals surface area contributed by atoms with Crippen molar-refractivity contribution in [3.63, 3.8) is 0 Å². The van der Waals surface area contributed by atoms with Gasteiger partial charge in [0.25, 0.3) is 0 Å². The summed E-state index contributed by atoms with van der Waals surface area (Å²) in [5, 5.41) is 8.08. The fourth-order valence-corrected chi connectivity index (χ4v) is 1.30. The molecule has 0 aromatic rings. The lowest BCUT2D eigenvalue weighted by atomic mass is 10.1. The highest BCUT2D eigenvalue weighted by Crippen LogP contribution is 2.01. The van der Waals surface area contributed by atoms with E-state index in [2.05, 4.69) is 11.7 Å². The second-order valence-electron chi connectivity index (χ2n) is 5.04. The summed E-state index contributed by atoms with van der Waals surface area (Å²) < 4.78 is 4.56. The van der Waals surface area contributed by atoms with Gasteiger partial charge in [0.05, 0.1) is 0 Å². The van der Waals surface area contributed by atoms with Crippen molar-refractivity contribution in [3.8, 4) is 0 Å². The predicted octanol–water partition coefficient (Wildman–Crippen LogP) is 3.55. The first-order valence-electron chi connectivity index (χ1n) is 7.28. The molecule has 20 heavy (non-hydrogen) atoms. The molecule has 0 radical (unpaired) electrons. The number of esters is 2. The van der Waals surface area contributed by atoms with Gasteiger partial charge in [0, 0.05) is 19.3 Å².